The van der Waals surface area contributed by atoms with Crippen molar-refractivity contribution in [1.29, 1.82) is 5.26 Å². The standard InChI is InChI=1S/C27H26FN7O2S2/c1-15-4-5-17(12-30-15)25-24(11-29)38-27(32-25)34(2)23-10-22(16-6-7-16)31-26-20(23)8-19(9-21(26)28)35-13-18(14-35)33-39(3,36)37/h4-5,8-10,12,16,18,33H,6-7,13-14H2,1-3H3. The molecule has 1 saturated carbocycles. The lowest BCUT2D eigenvalue weighted by atomic mass is 10.0. The number of aryl methyl sites for hydroxylation is 1. The second kappa shape index (κ2) is 9.51. The third kappa shape index (κ3) is 5.05. The first kappa shape index (κ1) is 25.6. The SMILES string of the molecule is Cc1ccc(-c2nc(N(C)c3cc(C4CC4)nc4c(F)cc(N5CC(NS(C)(=O)=O)C5)cc34)sc2C#N)cn1. The molecule has 0 spiro atoms. The molecule has 0 radical (unpaired) electrons. The lowest BCUT2D eigenvalue weighted by Gasteiger charge is -2.41. The number of fused-ring (bicyclic) bond motifs is 1. The minimum Gasteiger partial charge on any atom is -0.368 e. The van der Waals surface area contributed by atoms with Gasteiger partial charge in [-0.05, 0) is 50.1 Å². The van der Waals surface area contributed by atoms with Crippen molar-refractivity contribution in [3.63, 3.8) is 0 Å². The average Bonchev–Trinajstić information content (AvgIpc) is 3.63. The van der Waals surface area contributed by atoms with Crippen LogP contribution >= 0.6 is 11.3 Å². The Kier molecular flexibility index (Phi) is 6.25. The van der Waals surface area contributed by atoms with E-state index in [0.29, 0.717) is 45.8 Å². The molecule has 200 valence electrons. The molecule has 0 bridgehead atoms. The molecule has 0 unspecified atom stereocenters. The van der Waals surface area contributed by atoms with Gasteiger partial charge < -0.3 is 9.80 Å². The van der Waals surface area contributed by atoms with E-state index in [1.165, 1.54) is 17.4 Å². The molecule has 1 saturated heterocycles. The molecular weight excluding hydrogens is 537 g/mol. The van der Waals surface area contributed by atoms with E-state index in [2.05, 4.69) is 20.8 Å². The van der Waals surface area contributed by atoms with Crippen LogP contribution in [-0.4, -0.2) is 55.8 Å². The lowest BCUT2D eigenvalue weighted by Crippen LogP contribution is -2.59. The van der Waals surface area contributed by atoms with Gasteiger partial charge in [0.15, 0.2) is 10.9 Å². The fraction of sp³-hybridized carbons (Fsp3) is 0.333. The van der Waals surface area contributed by atoms with E-state index in [9.17, 15) is 13.7 Å². The number of aromatic nitrogens is 3. The van der Waals surface area contributed by atoms with Gasteiger partial charge in [-0.2, -0.15) is 5.26 Å². The zero-order valence-electron chi connectivity index (χ0n) is 21.6. The van der Waals surface area contributed by atoms with Gasteiger partial charge in [-0.25, -0.2) is 27.5 Å². The van der Waals surface area contributed by atoms with Crippen molar-refractivity contribution in [2.24, 2.45) is 0 Å². The Morgan fingerprint density at radius 1 is 1.21 bits per heavy atom. The fourth-order valence-corrected chi connectivity index (χ4v) is 6.44. The van der Waals surface area contributed by atoms with Gasteiger partial charge in [-0.1, -0.05) is 11.3 Å². The van der Waals surface area contributed by atoms with Crippen molar-refractivity contribution >= 4 is 48.8 Å². The largest absolute Gasteiger partial charge is 0.368 e. The molecule has 2 aliphatic rings. The summed E-state index contributed by atoms with van der Waals surface area (Å²) in [4.78, 5) is 18.1. The van der Waals surface area contributed by atoms with Crippen LogP contribution in [0.1, 0.15) is 35.0 Å². The first-order valence-corrected chi connectivity index (χ1v) is 15.2. The van der Waals surface area contributed by atoms with E-state index >= 15 is 4.39 Å². The number of nitriles is 1. The van der Waals surface area contributed by atoms with Gasteiger partial charge in [-0.3, -0.25) is 4.98 Å². The first-order chi connectivity index (χ1) is 18.6. The zero-order valence-corrected chi connectivity index (χ0v) is 23.3. The van der Waals surface area contributed by atoms with Gasteiger partial charge in [0.25, 0.3) is 0 Å². The highest BCUT2D eigenvalue weighted by atomic mass is 32.2. The molecule has 1 N–H and O–H groups in total. The van der Waals surface area contributed by atoms with Crippen LogP contribution in [0.15, 0.2) is 36.5 Å². The molecule has 2 fully saturated rings. The summed E-state index contributed by atoms with van der Waals surface area (Å²) < 4.78 is 41.3. The summed E-state index contributed by atoms with van der Waals surface area (Å²) in [5, 5.41) is 11.1. The number of halogens is 1. The van der Waals surface area contributed by atoms with E-state index in [0.717, 1.165) is 41.7 Å². The molecule has 9 nitrogen and oxygen atoms in total. The number of hydrogen-bond donors (Lipinski definition) is 1. The van der Waals surface area contributed by atoms with Crippen LogP contribution in [0.5, 0.6) is 0 Å². The predicted octanol–water partition coefficient (Wildman–Crippen LogP) is 4.46. The molecule has 0 atom stereocenters. The Labute approximate surface area is 230 Å². The van der Waals surface area contributed by atoms with Crippen LogP contribution in [0.4, 0.5) is 20.9 Å². The van der Waals surface area contributed by atoms with Crippen LogP contribution < -0.4 is 14.5 Å². The van der Waals surface area contributed by atoms with Crippen molar-refractivity contribution in [3.05, 3.63) is 58.6 Å². The summed E-state index contributed by atoms with van der Waals surface area (Å²) in [6.45, 7) is 2.79. The maximum Gasteiger partial charge on any atom is 0.209 e. The molecule has 1 aromatic carbocycles. The number of pyridine rings is 2. The Bertz CT molecular complexity index is 1740. The van der Waals surface area contributed by atoms with Crippen molar-refractivity contribution < 1.29 is 12.8 Å². The third-order valence-electron chi connectivity index (χ3n) is 7.02. The quantitative estimate of drug-likeness (QED) is 0.351. The second-order valence-electron chi connectivity index (χ2n) is 10.2. The number of benzene rings is 1. The van der Waals surface area contributed by atoms with Crippen LogP contribution in [0.3, 0.4) is 0 Å². The molecule has 1 aliphatic carbocycles. The Morgan fingerprint density at radius 3 is 2.62 bits per heavy atom. The molecule has 39 heavy (non-hydrogen) atoms. The topological polar surface area (TPSA) is 115 Å². The molecule has 0 amide bonds. The number of anilines is 3. The summed E-state index contributed by atoms with van der Waals surface area (Å²) in [6, 6.07) is 11.2. The molecule has 12 heteroatoms. The Hall–Kier alpha value is -3.66. The number of sulfonamides is 1. The highest BCUT2D eigenvalue weighted by Gasteiger charge is 2.32. The molecule has 4 heterocycles. The maximum atomic E-state index is 15.5. The lowest BCUT2D eigenvalue weighted by molar-refractivity contribution is 0.470. The number of thiazole rings is 1. The second-order valence-corrected chi connectivity index (χ2v) is 12.9. The highest BCUT2D eigenvalue weighted by molar-refractivity contribution is 7.88. The maximum absolute atomic E-state index is 15.5. The van der Waals surface area contributed by atoms with Gasteiger partial charge in [0, 0.05) is 60.3 Å². The van der Waals surface area contributed by atoms with Crippen LogP contribution in [0.2, 0.25) is 0 Å². The zero-order chi connectivity index (χ0) is 27.5. The third-order valence-corrected chi connectivity index (χ3v) is 8.82. The molecule has 1 aliphatic heterocycles. The summed E-state index contributed by atoms with van der Waals surface area (Å²) in [5.41, 5.74) is 4.74. The van der Waals surface area contributed by atoms with Gasteiger partial charge >= 0.3 is 0 Å². The van der Waals surface area contributed by atoms with Crippen LogP contribution in [0.25, 0.3) is 22.2 Å². The van der Waals surface area contributed by atoms with E-state index in [-0.39, 0.29) is 11.6 Å². The minimum atomic E-state index is -3.31. The number of hydrogen-bond acceptors (Lipinski definition) is 9. The smallest absolute Gasteiger partial charge is 0.209 e. The minimum absolute atomic E-state index is 0.217. The van der Waals surface area contributed by atoms with Crippen molar-refractivity contribution in [2.45, 2.75) is 31.7 Å². The molecular formula is C27H26FN7O2S2. The summed E-state index contributed by atoms with van der Waals surface area (Å²) in [5.74, 6) is -0.124. The van der Waals surface area contributed by atoms with E-state index in [1.54, 1.807) is 6.20 Å². The highest BCUT2D eigenvalue weighted by Crippen LogP contribution is 2.44. The van der Waals surface area contributed by atoms with Crippen molar-refractivity contribution in [3.8, 4) is 17.3 Å². The monoisotopic (exact) mass is 563 g/mol. The van der Waals surface area contributed by atoms with Crippen molar-refractivity contribution in [1.82, 2.24) is 19.7 Å². The van der Waals surface area contributed by atoms with E-state index < -0.39 is 15.8 Å². The summed E-state index contributed by atoms with van der Waals surface area (Å²) in [7, 11) is -1.45. The predicted molar refractivity (Wildman–Crippen MR) is 151 cm³/mol. The van der Waals surface area contributed by atoms with Crippen LogP contribution in [0, 0.1) is 24.1 Å². The average molecular weight is 564 g/mol. The van der Waals surface area contributed by atoms with Gasteiger partial charge in [0.1, 0.15) is 22.2 Å². The normalized spacial score (nSPS) is 15.8. The number of rotatable bonds is 7. The molecule has 4 aromatic rings. The Balaban J connectivity index is 1.41. The van der Waals surface area contributed by atoms with Gasteiger partial charge in [0.2, 0.25) is 10.0 Å². The van der Waals surface area contributed by atoms with E-state index in [1.807, 2.05) is 48.0 Å². The van der Waals surface area contributed by atoms with Gasteiger partial charge in [0.05, 0.1) is 18.0 Å². The first-order valence-electron chi connectivity index (χ1n) is 12.5. The van der Waals surface area contributed by atoms with Crippen LogP contribution in [-0.2, 0) is 10.0 Å². The summed E-state index contributed by atoms with van der Waals surface area (Å²) in [6.07, 6.45) is 4.88. The fourth-order valence-electron chi connectivity index (χ4n) is 4.82. The number of nitrogens with one attached hydrogen (secondary N) is 1. The number of nitrogens with zero attached hydrogens (tertiary/aromatic N) is 6. The summed E-state index contributed by atoms with van der Waals surface area (Å²) >= 11 is 1.27. The van der Waals surface area contributed by atoms with E-state index in [4.69, 9.17) is 4.98 Å². The van der Waals surface area contributed by atoms with Crippen molar-refractivity contribution in [2.75, 3.05) is 36.2 Å². The van der Waals surface area contributed by atoms with Gasteiger partial charge in [-0.15, -0.1) is 0 Å². The molecule has 6 rings (SSSR count). The molecule has 3 aromatic heterocycles. The Morgan fingerprint density at radius 2 is 1.97 bits per heavy atom.